The van der Waals surface area contributed by atoms with Crippen LogP contribution in [-0.2, 0) is 10.5 Å². The van der Waals surface area contributed by atoms with E-state index in [0.717, 1.165) is 11.3 Å². The SMILES string of the molecule is Cc1ccc(C)c(SCc2cccc(C(=O)N3CCC(O)(C(=O)O)CC3)c2)c1. The summed E-state index contributed by atoms with van der Waals surface area (Å²) < 4.78 is 0. The number of carboxylic acids is 1. The van der Waals surface area contributed by atoms with E-state index >= 15 is 0 Å². The number of amides is 1. The van der Waals surface area contributed by atoms with Crippen LogP contribution in [0.15, 0.2) is 47.4 Å². The maximum atomic E-state index is 12.8. The third-order valence-electron chi connectivity index (χ3n) is 5.19. The van der Waals surface area contributed by atoms with Crippen LogP contribution in [0.1, 0.15) is 39.9 Å². The van der Waals surface area contributed by atoms with Gasteiger partial charge in [-0.2, -0.15) is 0 Å². The number of rotatable bonds is 5. The second kappa shape index (κ2) is 8.37. The van der Waals surface area contributed by atoms with Crippen molar-refractivity contribution in [2.45, 2.75) is 42.9 Å². The van der Waals surface area contributed by atoms with E-state index in [4.69, 9.17) is 5.11 Å². The predicted molar refractivity (Wildman–Crippen MR) is 110 cm³/mol. The van der Waals surface area contributed by atoms with E-state index < -0.39 is 11.6 Å². The van der Waals surface area contributed by atoms with Gasteiger partial charge in [0.25, 0.3) is 5.91 Å². The van der Waals surface area contributed by atoms with Crippen molar-refractivity contribution in [2.75, 3.05) is 13.1 Å². The van der Waals surface area contributed by atoms with E-state index in [9.17, 15) is 14.7 Å². The number of thioether (sulfide) groups is 1. The topological polar surface area (TPSA) is 77.8 Å². The predicted octanol–water partition coefficient (Wildman–Crippen LogP) is 3.65. The highest BCUT2D eigenvalue weighted by Gasteiger charge is 2.40. The number of aliphatic carboxylic acids is 1. The van der Waals surface area contributed by atoms with Crippen LogP contribution in [-0.4, -0.2) is 45.7 Å². The molecule has 0 atom stereocenters. The molecule has 1 amide bonds. The summed E-state index contributed by atoms with van der Waals surface area (Å²) in [5, 5.41) is 19.2. The van der Waals surface area contributed by atoms with Crippen LogP contribution in [0.5, 0.6) is 0 Å². The number of hydrogen-bond donors (Lipinski definition) is 2. The summed E-state index contributed by atoms with van der Waals surface area (Å²) in [6.07, 6.45) is 0.104. The van der Waals surface area contributed by atoms with E-state index in [1.54, 1.807) is 22.7 Å². The van der Waals surface area contributed by atoms with Crippen molar-refractivity contribution in [3.8, 4) is 0 Å². The maximum absolute atomic E-state index is 12.8. The zero-order chi connectivity index (χ0) is 20.3. The molecule has 0 spiro atoms. The first kappa shape index (κ1) is 20.4. The molecule has 1 aliphatic rings. The van der Waals surface area contributed by atoms with Crippen molar-refractivity contribution in [3.05, 3.63) is 64.7 Å². The molecule has 2 aromatic carbocycles. The molecule has 5 nitrogen and oxygen atoms in total. The second-order valence-corrected chi connectivity index (χ2v) is 8.40. The van der Waals surface area contributed by atoms with Gasteiger partial charge in [0.05, 0.1) is 0 Å². The van der Waals surface area contributed by atoms with Crippen LogP contribution in [0.25, 0.3) is 0 Å². The van der Waals surface area contributed by atoms with E-state index in [-0.39, 0.29) is 31.8 Å². The van der Waals surface area contributed by atoms with Gasteiger partial charge in [-0.15, -0.1) is 11.8 Å². The molecule has 2 N–H and O–H groups in total. The van der Waals surface area contributed by atoms with Crippen LogP contribution in [0.3, 0.4) is 0 Å². The Morgan fingerprint density at radius 2 is 1.82 bits per heavy atom. The minimum atomic E-state index is -1.72. The summed E-state index contributed by atoms with van der Waals surface area (Å²) in [5.74, 6) is -0.569. The number of hydrogen-bond acceptors (Lipinski definition) is 4. The Balaban J connectivity index is 1.65. The summed E-state index contributed by atoms with van der Waals surface area (Å²) >= 11 is 1.75. The standard InChI is InChI=1S/C22H25NO4S/c1-15-6-7-16(2)19(12-15)28-14-17-4-3-5-18(13-17)20(24)23-10-8-22(27,9-11-23)21(25)26/h3-7,12-13,27H,8-11,14H2,1-2H3,(H,25,26). The number of piperidine rings is 1. The number of benzene rings is 2. The second-order valence-electron chi connectivity index (χ2n) is 7.39. The monoisotopic (exact) mass is 399 g/mol. The largest absolute Gasteiger partial charge is 0.479 e. The van der Waals surface area contributed by atoms with Gasteiger partial charge in [0.15, 0.2) is 5.60 Å². The molecule has 0 unspecified atom stereocenters. The molecule has 28 heavy (non-hydrogen) atoms. The number of carboxylic acid groups (broad SMARTS) is 1. The van der Waals surface area contributed by atoms with Crippen molar-refractivity contribution < 1.29 is 19.8 Å². The first-order chi connectivity index (χ1) is 13.3. The van der Waals surface area contributed by atoms with Crippen LogP contribution >= 0.6 is 11.8 Å². The fraction of sp³-hybridized carbons (Fsp3) is 0.364. The van der Waals surface area contributed by atoms with Crippen LogP contribution in [0.4, 0.5) is 0 Å². The number of aryl methyl sites for hydroxylation is 2. The molecule has 148 valence electrons. The van der Waals surface area contributed by atoms with Crippen molar-refractivity contribution in [3.63, 3.8) is 0 Å². The molecule has 0 bridgehead atoms. The summed E-state index contributed by atoms with van der Waals surface area (Å²) in [7, 11) is 0. The van der Waals surface area contributed by atoms with Crippen molar-refractivity contribution >= 4 is 23.6 Å². The molecule has 6 heteroatoms. The van der Waals surface area contributed by atoms with E-state index in [1.165, 1.54) is 16.0 Å². The minimum Gasteiger partial charge on any atom is -0.479 e. The number of carbonyl (C=O) groups excluding carboxylic acids is 1. The molecule has 1 heterocycles. The fourth-order valence-corrected chi connectivity index (χ4v) is 4.36. The highest BCUT2D eigenvalue weighted by molar-refractivity contribution is 7.98. The lowest BCUT2D eigenvalue weighted by Gasteiger charge is -2.35. The normalized spacial score (nSPS) is 16.0. The molecule has 3 rings (SSSR count). The van der Waals surface area contributed by atoms with Gasteiger partial charge in [0, 0.05) is 42.1 Å². The lowest BCUT2D eigenvalue weighted by molar-refractivity contribution is -0.162. The summed E-state index contributed by atoms with van der Waals surface area (Å²) in [4.78, 5) is 26.8. The number of carbonyl (C=O) groups is 2. The van der Waals surface area contributed by atoms with Gasteiger partial charge in [0.2, 0.25) is 0 Å². The Labute approximate surface area is 169 Å². The average molecular weight is 400 g/mol. The van der Waals surface area contributed by atoms with Gasteiger partial charge in [0.1, 0.15) is 0 Å². The lowest BCUT2D eigenvalue weighted by atomic mass is 9.91. The van der Waals surface area contributed by atoms with Crippen molar-refractivity contribution in [1.82, 2.24) is 4.90 Å². The molecule has 0 aliphatic carbocycles. The van der Waals surface area contributed by atoms with E-state index in [1.807, 2.05) is 18.2 Å². The third kappa shape index (κ3) is 4.56. The van der Waals surface area contributed by atoms with E-state index in [0.29, 0.717) is 5.56 Å². The third-order valence-corrected chi connectivity index (χ3v) is 6.42. The van der Waals surface area contributed by atoms with Gasteiger partial charge in [-0.3, -0.25) is 4.79 Å². The number of nitrogens with zero attached hydrogens (tertiary/aromatic N) is 1. The Hall–Kier alpha value is -2.31. The van der Waals surface area contributed by atoms with Gasteiger partial charge in [-0.25, -0.2) is 4.79 Å². The smallest absolute Gasteiger partial charge is 0.335 e. The van der Waals surface area contributed by atoms with Crippen molar-refractivity contribution in [1.29, 1.82) is 0 Å². The number of aliphatic hydroxyl groups is 1. The van der Waals surface area contributed by atoms with Crippen molar-refractivity contribution in [2.24, 2.45) is 0 Å². The highest BCUT2D eigenvalue weighted by Crippen LogP contribution is 2.28. The quantitative estimate of drug-likeness (QED) is 0.751. The zero-order valence-corrected chi connectivity index (χ0v) is 17.0. The van der Waals surface area contributed by atoms with Gasteiger partial charge < -0.3 is 15.1 Å². The first-order valence-corrected chi connectivity index (χ1v) is 10.3. The Morgan fingerprint density at radius 3 is 2.50 bits per heavy atom. The Kier molecular flexibility index (Phi) is 6.10. The molecule has 1 saturated heterocycles. The summed E-state index contributed by atoms with van der Waals surface area (Å²) in [6.45, 7) is 4.65. The van der Waals surface area contributed by atoms with Gasteiger partial charge >= 0.3 is 5.97 Å². The molecule has 1 fully saturated rings. The molecule has 0 radical (unpaired) electrons. The fourth-order valence-electron chi connectivity index (χ4n) is 3.29. The summed E-state index contributed by atoms with van der Waals surface area (Å²) in [6, 6.07) is 14.0. The minimum absolute atomic E-state index is 0.0518. The zero-order valence-electron chi connectivity index (χ0n) is 16.1. The maximum Gasteiger partial charge on any atom is 0.335 e. The molecule has 0 aromatic heterocycles. The van der Waals surface area contributed by atoms with Crippen LogP contribution in [0, 0.1) is 13.8 Å². The van der Waals surface area contributed by atoms with Crippen LogP contribution < -0.4 is 0 Å². The van der Waals surface area contributed by atoms with Crippen LogP contribution in [0.2, 0.25) is 0 Å². The van der Waals surface area contributed by atoms with Gasteiger partial charge in [-0.05, 0) is 43.2 Å². The Bertz CT molecular complexity index is 888. The first-order valence-electron chi connectivity index (χ1n) is 9.32. The molecule has 2 aromatic rings. The average Bonchev–Trinajstić information content (AvgIpc) is 2.69. The Morgan fingerprint density at radius 1 is 1.11 bits per heavy atom. The molecular weight excluding hydrogens is 374 g/mol. The summed E-state index contributed by atoms with van der Waals surface area (Å²) in [5.41, 5.74) is 2.40. The molecule has 1 aliphatic heterocycles. The highest BCUT2D eigenvalue weighted by atomic mass is 32.2. The molecular formula is C22H25NO4S. The lowest BCUT2D eigenvalue weighted by Crippen LogP contribution is -2.50. The number of likely N-dealkylation sites (tertiary alicyclic amines) is 1. The van der Waals surface area contributed by atoms with E-state index in [2.05, 4.69) is 32.0 Å². The molecule has 0 saturated carbocycles. The van der Waals surface area contributed by atoms with Gasteiger partial charge in [-0.1, -0.05) is 29.8 Å².